The van der Waals surface area contributed by atoms with Gasteiger partial charge < -0.3 is 19.3 Å². The third kappa shape index (κ3) is 4.63. The van der Waals surface area contributed by atoms with E-state index in [2.05, 4.69) is 0 Å². The molecule has 2 heterocycles. The van der Waals surface area contributed by atoms with E-state index in [4.69, 9.17) is 9.47 Å². The van der Waals surface area contributed by atoms with Crippen LogP contribution in [0.1, 0.15) is 15.9 Å². The molecule has 2 aromatic rings. The second kappa shape index (κ2) is 9.07. The van der Waals surface area contributed by atoms with Crippen molar-refractivity contribution in [2.45, 2.75) is 6.42 Å². The van der Waals surface area contributed by atoms with Crippen LogP contribution < -0.4 is 9.64 Å². The minimum absolute atomic E-state index is 0.0437. The minimum Gasteiger partial charge on any atom is -0.497 e. The maximum Gasteiger partial charge on any atom is 0.414 e. The minimum atomic E-state index is -0.367. The molecule has 3 amide bonds. The van der Waals surface area contributed by atoms with Gasteiger partial charge in [0.05, 0.1) is 20.1 Å². The summed E-state index contributed by atoms with van der Waals surface area (Å²) in [6.07, 6.45) is -0.0558. The fraction of sp³-hybridized carbons (Fsp3) is 0.348. The molecule has 0 N–H and O–H groups in total. The molecule has 2 aromatic carbocycles. The van der Waals surface area contributed by atoms with Gasteiger partial charge in [0.2, 0.25) is 5.91 Å². The zero-order valence-corrected chi connectivity index (χ0v) is 17.5. The topological polar surface area (TPSA) is 79.4 Å². The van der Waals surface area contributed by atoms with E-state index in [9.17, 15) is 14.4 Å². The van der Waals surface area contributed by atoms with Crippen molar-refractivity contribution >= 4 is 23.6 Å². The summed E-state index contributed by atoms with van der Waals surface area (Å²) >= 11 is 0. The van der Waals surface area contributed by atoms with Crippen molar-refractivity contribution in [2.75, 3.05) is 51.3 Å². The molecular formula is C23H25N3O5. The zero-order valence-electron chi connectivity index (χ0n) is 17.5. The maximum absolute atomic E-state index is 12.8. The number of hydrogen-bond acceptors (Lipinski definition) is 5. The molecule has 0 aromatic heterocycles. The molecule has 0 spiro atoms. The Hall–Kier alpha value is -3.55. The van der Waals surface area contributed by atoms with E-state index >= 15 is 0 Å². The third-order valence-electron chi connectivity index (χ3n) is 5.60. The molecule has 4 rings (SSSR count). The molecular weight excluding hydrogens is 398 g/mol. The lowest BCUT2D eigenvalue weighted by Crippen LogP contribution is -2.51. The second-order valence-electron chi connectivity index (χ2n) is 7.51. The second-order valence-corrected chi connectivity index (χ2v) is 7.51. The molecule has 0 saturated carbocycles. The number of carbonyl (C=O) groups excluding carboxylic acids is 3. The van der Waals surface area contributed by atoms with Crippen LogP contribution in [-0.2, 0) is 16.0 Å². The van der Waals surface area contributed by atoms with Crippen LogP contribution in [0, 0.1) is 0 Å². The third-order valence-corrected chi connectivity index (χ3v) is 5.60. The number of amides is 3. The van der Waals surface area contributed by atoms with E-state index in [1.165, 1.54) is 0 Å². The van der Waals surface area contributed by atoms with Crippen molar-refractivity contribution in [3.05, 3.63) is 59.7 Å². The summed E-state index contributed by atoms with van der Waals surface area (Å²) in [4.78, 5) is 42.2. The van der Waals surface area contributed by atoms with Gasteiger partial charge in [-0.05, 0) is 42.0 Å². The monoisotopic (exact) mass is 423 g/mol. The Morgan fingerprint density at radius 3 is 2.32 bits per heavy atom. The Kier molecular flexibility index (Phi) is 6.06. The summed E-state index contributed by atoms with van der Waals surface area (Å²) in [6.45, 7) is 2.88. The first-order valence-electron chi connectivity index (χ1n) is 10.3. The number of piperazine rings is 1. The molecule has 0 unspecified atom stereocenters. The molecule has 0 atom stereocenters. The lowest BCUT2D eigenvalue weighted by atomic mass is 10.1. The number of hydrogen-bond donors (Lipinski definition) is 0. The summed E-state index contributed by atoms with van der Waals surface area (Å²) in [6, 6.07) is 14.5. The number of anilines is 1. The van der Waals surface area contributed by atoms with Gasteiger partial charge in [0.15, 0.2) is 0 Å². The molecule has 2 fully saturated rings. The van der Waals surface area contributed by atoms with Crippen LogP contribution >= 0.6 is 0 Å². The molecule has 2 saturated heterocycles. The average molecular weight is 423 g/mol. The predicted octanol–water partition coefficient (Wildman–Crippen LogP) is 2.18. The Labute approximate surface area is 180 Å². The highest BCUT2D eigenvalue weighted by Gasteiger charge is 2.26. The Bertz CT molecular complexity index is 967. The van der Waals surface area contributed by atoms with E-state index in [1.54, 1.807) is 46.1 Å². The van der Waals surface area contributed by atoms with Crippen molar-refractivity contribution in [1.29, 1.82) is 0 Å². The standard InChI is InChI=1S/C23H25N3O5/c1-30-20-4-2-3-17(15-20)16-21(27)24-9-11-25(12-10-24)22(28)18-5-7-19(8-6-18)26-13-14-31-23(26)29/h2-8,15H,9-14,16H2,1H3. The number of ether oxygens (including phenoxy) is 2. The van der Waals surface area contributed by atoms with Crippen LogP contribution in [0.5, 0.6) is 5.75 Å². The van der Waals surface area contributed by atoms with Gasteiger partial charge in [-0.15, -0.1) is 0 Å². The SMILES string of the molecule is COc1cccc(CC(=O)N2CCN(C(=O)c3ccc(N4CCOC4=O)cc3)CC2)c1. The molecule has 8 heteroatoms. The Morgan fingerprint density at radius 1 is 0.968 bits per heavy atom. The Balaban J connectivity index is 1.31. The highest BCUT2D eigenvalue weighted by Crippen LogP contribution is 2.20. The van der Waals surface area contributed by atoms with Gasteiger partial charge in [0, 0.05) is 37.4 Å². The molecule has 0 bridgehead atoms. The van der Waals surface area contributed by atoms with Crippen LogP contribution in [0.3, 0.4) is 0 Å². The van der Waals surface area contributed by atoms with Crippen LogP contribution in [-0.4, -0.2) is 74.1 Å². The fourth-order valence-corrected chi connectivity index (χ4v) is 3.82. The van der Waals surface area contributed by atoms with Gasteiger partial charge >= 0.3 is 6.09 Å². The van der Waals surface area contributed by atoms with E-state index in [0.717, 1.165) is 11.3 Å². The lowest BCUT2D eigenvalue weighted by molar-refractivity contribution is -0.131. The summed E-state index contributed by atoms with van der Waals surface area (Å²) in [7, 11) is 1.60. The summed E-state index contributed by atoms with van der Waals surface area (Å²) in [5, 5.41) is 0. The average Bonchev–Trinajstić information content (AvgIpc) is 3.24. The number of rotatable bonds is 5. The van der Waals surface area contributed by atoms with Crippen molar-refractivity contribution < 1.29 is 23.9 Å². The van der Waals surface area contributed by atoms with E-state index in [-0.39, 0.29) is 17.9 Å². The summed E-state index contributed by atoms with van der Waals surface area (Å²) in [5.74, 6) is 0.700. The molecule has 162 valence electrons. The van der Waals surface area contributed by atoms with Gasteiger partial charge in [0.25, 0.3) is 5.91 Å². The smallest absolute Gasteiger partial charge is 0.414 e. The number of benzene rings is 2. The van der Waals surface area contributed by atoms with Gasteiger partial charge in [-0.3, -0.25) is 14.5 Å². The van der Waals surface area contributed by atoms with Crippen LogP contribution in [0.2, 0.25) is 0 Å². The predicted molar refractivity (Wildman–Crippen MR) is 114 cm³/mol. The van der Waals surface area contributed by atoms with Crippen LogP contribution in [0.25, 0.3) is 0 Å². The van der Waals surface area contributed by atoms with Gasteiger partial charge in [-0.2, -0.15) is 0 Å². The molecule has 2 aliphatic rings. The highest BCUT2D eigenvalue weighted by molar-refractivity contribution is 5.96. The molecule has 2 aliphatic heterocycles. The van der Waals surface area contributed by atoms with E-state index in [0.29, 0.717) is 57.0 Å². The summed E-state index contributed by atoms with van der Waals surface area (Å²) in [5.41, 5.74) is 2.18. The van der Waals surface area contributed by atoms with Crippen molar-refractivity contribution in [1.82, 2.24) is 9.80 Å². The Morgan fingerprint density at radius 2 is 1.68 bits per heavy atom. The molecule has 8 nitrogen and oxygen atoms in total. The van der Waals surface area contributed by atoms with Crippen molar-refractivity contribution in [3.8, 4) is 5.75 Å². The first-order chi connectivity index (χ1) is 15.0. The number of carbonyl (C=O) groups is 3. The molecule has 31 heavy (non-hydrogen) atoms. The summed E-state index contributed by atoms with van der Waals surface area (Å²) < 4.78 is 10.2. The molecule has 0 aliphatic carbocycles. The van der Waals surface area contributed by atoms with Crippen LogP contribution in [0.4, 0.5) is 10.5 Å². The normalized spacial score (nSPS) is 16.3. The number of cyclic esters (lactones) is 1. The zero-order chi connectivity index (χ0) is 21.8. The van der Waals surface area contributed by atoms with Crippen molar-refractivity contribution in [3.63, 3.8) is 0 Å². The van der Waals surface area contributed by atoms with Gasteiger partial charge in [-0.1, -0.05) is 12.1 Å². The van der Waals surface area contributed by atoms with Crippen LogP contribution in [0.15, 0.2) is 48.5 Å². The fourth-order valence-electron chi connectivity index (χ4n) is 3.82. The maximum atomic E-state index is 12.8. The number of nitrogens with zero attached hydrogens (tertiary/aromatic N) is 3. The highest BCUT2D eigenvalue weighted by atomic mass is 16.6. The number of methoxy groups -OCH3 is 1. The van der Waals surface area contributed by atoms with E-state index in [1.807, 2.05) is 24.3 Å². The van der Waals surface area contributed by atoms with Crippen molar-refractivity contribution in [2.24, 2.45) is 0 Å². The molecule has 0 radical (unpaired) electrons. The van der Waals surface area contributed by atoms with E-state index < -0.39 is 0 Å². The van der Waals surface area contributed by atoms with Gasteiger partial charge in [0.1, 0.15) is 12.4 Å². The lowest BCUT2D eigenvalue weighted by Gasteiger charge is -2.35. The largest absolute Gasteiger partial charge is 0.497 e. The van der Waals surface area contributed by atoms with Gasteiger partial charge in [-0.25, -0.2) is 4.79 Å². The first-order valence-corrected chi connectivity index (χ1v) is 10.3. The quantitative estimate of drug-likeness (QED) is 0.737. The first kappa shape index (κ1) is 20.7.